The first kappa shape index (κ1) is 39.6. The van der Waals surface area contributed by atoms with Gasteiger partial charge in [0.25, 0.3) is 5.56 Å². The van der Waals surface area contributed by atoms with Crippen LogP contribution >= 0.6 is 0 Å². The highest BCUT2D eigenvalue weighted by Crippen LogP contribution is 2.35. The van der Waals surface area contributed by atoms with Crippen molar-refractivity contribution in [2.24, 2.45) is 0 Å². The van der Waals surface area contributed by atoms with Gasteiger partial charge < -0.3 is 33.0 Å². The van der Waals surface area contributed by atoms with Gasteiger partial charge in [-0.2, -0.15) is 0 Å². The van der Waals surface area contributed by atoms with Gasteiger partial charge in [-0.1, -0.05) is 65.7 Å². The molecule has 2 aromatic heterocycles. The number of aryl methyl sites for hydroxylation is 2. The summed E-state index contributed by atoms with van der Waals surface area (Å²) in [5.41, 5.74) is 2.42. The van der Waals surface area contributed by atoms with Crippen LogP contribution in [-0.4, -0.2) is 64.1 Å². The van der Waals surface area contributed by atoms with Gasteiger partial charge in [-0.05, 0) is 56.7 Å². The molecule has 14 heteroatoms. The number of fused-ring (bicyclic) bond motifs is 1. The molecule has 1 saturated heterocycles. The average Bonchev–Trinajstić information content (AvgIpc) is 3.78. The van der Waals surface area contributed by atoms with Crippen molar-refractivity contribution in [3.05, 3.63) is 145 Å². The molecular weight excluding hydrogens is 722 g/mol. The fourth-order valence-electron chi connectivity index (χ4n) is 6.34. The lowest BCUT2D eigenvalue weighted by Crippen LogP contribution is -2.41. The van der Waals surface area contributed by atoms with Crippen LogP contribution < -0.4 is 11.2 Å². The van der Waals surface area contributed by atoms with Crippen molar-refractivity contribution in [3.8, 4) is 0 Å². The van der Waals surface area contributed by atoms with Crippen LogP contribution in [-0.2, 0) is 53.3 Å². The molecule has 0 N–H and O–H groups in total. The molecule has 56 heavy (non-hydrogen) atoms. The number of aromatic nitrogens is 3. The molecule has 0 unspecified atom stereocenters. The highest BCUT2D eigenvalue weighted by atomic mass is 16.6. The first-order valence-electron chi connectivity index (χ1n) is 18.1. The van der Waals surface area contributed by atoms with Gasteiger partial charge in [0.15, 0.2) is 0 Å². The lowest BCUT2D eigenvalue weighted by molar-refractivity contribution is -0.137. The maximum Gasteiger partial charge on any atom is 0.338 e. The van der Waals surface area contributed by atoms with E-state index in [-0.39, 0.29) is 56.3 Å². The van der Waals surface area contributed by atoms with E-state index in [4.69, 9.17) is 28.4 Å². The van der Waals surface area contributed by atoms with Gasteiger partial charge in [-0.3, -0.25) is 9.36 Å². The molecule has 1 aliphatic heterocycles. The Kier molecular flexibility index (Phi) is 12.7. The summed E-state index contributed by atoms with van der Waals surface area (Å²) >= 11 is 0. The molecule has 1 fully saturated rings. The molecule has 0 aliphatic carbocycles. The monoisotopic (exact) mass is 765 g/mol. The van der Waals surface area contributed by atoms with Gasteiger partial charge in [0.1, 0.15) is 44.2 Å². The number of hydrogen-bond acceptors (Lipinski definition) is 11. The Morgan fingerprint density at radius 1 is 0.839 bits per heavy atom. The molecule has 0 spiro atoms. The first-order chi connectivity index (χ1) is 27.1. The van der Waals surface area contributed by atoms with Crippen LogP contribution in [0.1, 0.15) is 62.5 Å². The van der Waals surface area contributed by atoms with Gasteiger partial charge in [0, 0.05) is 31.4 Å². The van der Waals surface area contributed by atoms with Gasteiger partial charge in [0.05, 0.1) is 29.7 Å². The molecule has 0 amide bonds. The third-order valence-corrected chi connectivity index (χ3v) is 9.19. The predicted octanol–water partition coefficient (Wildman–Crippen LogP) is 5.31. The molecule has 292 valence electrons. The second kappa shape index (κ2) is 18.0. The summed E-state index contributed by atoms with van der Waals surface area (Å²) in [6.07, 6.45) is 1.35. The van der Waals surface area contributed by atoms with Crippen LogP contribution in [0.25, 0.3) is 17.1 Å². The van der Waals surface area contributed by atoms with E-state index in [2.05, 4.69) is 0 Å². The molecule has 0 bridgehead atoms. The maximum atomic E-state index is 14.1. The third-order valence-electron chi connectivity index (χ3n) is 9.19. The summed E-state index contributed by atoms with van der Waals surface area (Å²) in [7, 11) is 1.36. The highest BCUT2D eigenvalue weighted by Gasteiger charge is 2.41. The minimum absolute atomic E-state index is 0.0371. The molecule has 3 atom stereocenters. The van der Waals surface area contributed by atoms with E-state index >= 15 is 0 Å². The number of nitrogens with zero attached hydrogens (tertiary/aromatic N) is 3. The zero-order chi connectivity index (χ0) is 39.8. The Morgan fingerprint density at radius 3 is 2.14 bits per heavy atom. The summed E-state index contributed by atoms with van der Waals surface area (Å²) in [5.74, 6) is -1.85. The van der Waals surface area contributed by atoms with Crippen LogP contribution in [0.15, 0.2) is 101 Å². The fourth-order valence-corrected chi connectivity index (χ4v) is 6.34. The zero-order valence-corrected chi connectivity index (χ0v) is 31.5. The summed E-state index contributed by atoms with van der Waals surface area (Å²) in [6, 6.07) is 23.1. The van der Waals surface area contributed by atoms with Crippen molar-refractivity contribution in [3.63, 3.8) is 0 Å². The van der Waals surface area contributed by atoms with Crippen LogP contribution in [0.5, 0.6) is 0 Å². The van der Waals surface area contributed by atoms with E-state index in [1.165, 1.54) is 23.8 Å². The van der Waals surface area contributed by atoms with Crippen LogP contribution in [0, 0.1) is 13.8 Å². The summed E-state index contributed by atoms with van der Waals surface area (Å²) in [6.45, 7) is 4.84. The highest BCUT2D eigenvalue weighted by molar-refractivity contribution is 5.93. The summed E-state index contributed by atoms with van der Waals surface area (Å²) in [4.78, 5) is 67.1. The van der Waals surface area contributed by atoms with E-state index < -0.39 is 47.6 Å². The molecule has 0 radical (unpaired) electrons. The van der Waals surface area contributed by atoms with Crippen LogP contribution in [0.2, 0.25) is 0 Å². The summed E-state index contributed by atoms with van der Waals surface area (Å²) in [5, 5.41) is 0.0663. The number of methoxy groups -OCH3 is 1. The maximum absolute atomic E-state index is 14.1. The zero-order valence-electron chi connectivity index (χ0n) is 31.5. The van der Waals surface area contributed by atoms with E-state index in [0.29, 0.717) is 11.1 Å². The van der Waals surface area contributed by atoms with Crippen molar-refractivity contribution in [1.82, 2.24) is 13.7 Å². The van der Waals surface area contributed by atoms with E-state index in [1.54, 1.807) is 66.2 Å². The quantitative estimate of drug-likeness (QED) is 0.0774. The number of carbonyl (C=O) groups is 3. The van der Waals surface area contributed by atoms with Crippen LogP contribution in [0.3, 0.4) is 0 Å². The first-order valence-corrected chi connectivity index (χ1v) is 18.1. The van der Waals surface area contributed by atoms with Crippen LogP contribution in [0.4, 0.5) is 0 Å². The third kappa shape index (κ3) is 9.05. The molecule has 5 aromatic rings. The Balaban J connectivity index is 1.42. The Morgan fingerprint density at radius 2 is 1.50 bits per heavy atom. The van der Waals surface area contributed by atoms with E-state index in [0.717, 1.165) is 21.3 Å². The number of hydrogen-bond donors (Lipinski definition) is 0. The molecule has 3 heterocycles. The second-order valence-electron chi connectivity index (χ2n) is 13.2. The Labute approximate surface area is 322 Å². The number of rotatable bonds is 15. The topological polar surface area (TPSA) is 156 Å². The lowest BCUT2D eigenvalue weighted by Gasteiger charge is -2.19. The van der Waals surface area contributed by atoms with Crippen molar-refractivity contribution < 1.29 is 42.8 Å². The molecule has 6 rings (SSSR count). The van der Waals surface area contributed by atoms with Gasteiger partial charge >= 0.3 is 23.6 Å². The molecule has 14 nitrogen and oxygen atoms in total. The molecule has 1 aliphatic rings. The minimum atomic E-state index is -0.960. The van der Waals surface area contributed by atoms with Crippen molar-refractivity contribution >= 4 is 35.0 Å². The van der Waals surface area contributed by atoms with Gasteiger partial charge in [0.2, 0.25) is 0 Å². The largest absolute Gasteiger partial charge is 0.463 e. The number of carbonyl (C=O) groups excluding carboxylic acids is 3. The van der Waals surface area contributed by atoms with Crippen molar-refractivity contribution in [2.45, 2.75) is 65.7 Å². The van der Waals surface area contributed by atoms with Crippen molar-refractivity contribution in [1.29, 1.82) is 0 Å². The Hall–Kier alpha value is -6.09. The normalized spacial score (nSPS) is 16.7. The number of esters is 3. The molecule has 3 aromatic carbocycles. The second-order valence-corrected chi connectivity index (χ2v) is 13.2. The average molecular weight is 766 g/mol. The van der Waals surface area contributed by atoms with E-state index in [1.807, 2.05) is 44.2 Å². The lowest BCUT2D eigenvalue weighted by atomic mass is 10.1. The SMILES string of the molecule is CCOC(=O)/C=C/c1cn([C@H]2C[C@H](OC(=O)c3ccc(C)cc3)[C@@H](COC(=O)c3ccc(C)cc3)O2)c2c1c(=O)n(COC)c(=O)n2COCc1ccccc1. The number of benzene rings is 3. The molecular formula is C42H43N3O11. The smallest absolute Gasteiger partial charge is 0.338 e. The van der Waals surface area contributed by atoms with Crippen molar-refractivity contribution in [2.75, 3.05) is 20.3 Å². The molecule has 0 saturated carbocycles. The minimum Gasteiger partial charge on any atom is -0.463 e. The Bertz CT molecular complexity index is 2320. The fraction of sp³-hybridized carbons (Fsp3) is 0.310. The summed E-state index contributed by atoms with van der Waals surface area (Å²) < 4.78 is 38.3. The van der Waals surface area contributed by atoms with Gasteiger partial charge in [-0.25, -0.2) is 23.7 Å². The predicted molar refractivity (Wildman–Crippen MR) is 205 cm³/mol. The number of ether oxygens (including phenoxy) is 6. The van der Waals surface area contributed by atoms with E-state index in [9.17, 15) is 24.0 Å². The standard InChI is InChI=1S/C42H43N3O11/c1-5-53-36(46)20-19-32-22-43(38-37(32)39(47)45(25-51-4)42(50)44(38)26-52-23-29-9-7-6-8-10-29)35-21-33(56-41(49)31-17-13-28(3)14-18-31)34(55-35)24-54-40(48)30-15-11-27(2)12-16-30/h6-20,22,33-35H,5,21,23-26H2,1-4H3/b20-19+/t33-,34+,35+/m0/s1. The van der Waals surface area contributed by atoms with Gasteiger partial charge in [-0.15, -0.1) is 0 Å².